The summed E-state index contributed by atoms with van der Waals surface area (Å²) in [6, 6.07) is 3.43. The molecule has 2 aromatic heterocycles. The van der Waals surface area contributed by atoms with Gasteiger partial charge in [0, 0.05) is 24.8 Å². The summed E-state index contributed by atoms with van der Waals surface area (Å²) in [6.45, 7) is 4.39. The molecule has 0 radical (unpaired) electrons. The van der Waals surface area contributed by atoms with Crippen molar-refractivity contribution in [2.24, 2.45) is 7.05 Å². The number of carbonyl (C=O) groups excluding carboxylic acids is 1. The van der Waals surface area contributed by atoms with Crippen LogP contribution in [0.1, 0.15) is 36.0 Å². The fourth-order valence-corrected chi connectivity index (χ4v) is 2.47. The lowest BCUT2D eigenvalue weighted by atomic mass is 10.1. The highest BCUT2D eigenvalue weighted by atomic mass is 16.3. The van der Waals surface area contributed by atoms with Crippen LogP contribution in [-0.2, 0) is 7.05 Å². The molecule has 0 fully saturated rings. The largest absolute Gasteiger partial charge is 0.468 e. The average molecular weight is 319 g/mol. The zero-order valence-corrected chi connectivity index (χ0v) is 14.3. The van der Waals surface area contributed by atoms with Gasteiger partial charge in [-0.15, -0.1) is 0 Å². The van der Waals surface area contributed by atoms with Crippen LogP contribution in [-0.4, -0.2) is 41.4 Å². The van der Waals surface area contributed by atoms with Crippen molar-refractivity contribution in [3.63, 3.8) is 0 Å². The molecule has 2 amide bonds. The first kappa shape index (κ1) is 17.1. The normalized spacial score (nSPS) is 13.8. The zero-order valence-electron chi connectivity index (χ0n) is 14.3. The number of rotatable bonds is 6. The van der Waals surface area contributed by atoms with Gasteiger partial charge in [0.15, 0.2) is 0 Å². The van der Waals surface area contributed by atoms with E-state index in [1.807, 2.05) is 52.0 Å². The smallest absolute Gasteiger partial charge is 0.315 e. The Labute approximate surface area is 136 Å². The van der Waals surface area contributed by atoms with Crippen molar-refractivity contribution in [1.82, 2.24) is 25.3 Å². The minimum atomic E-state index is -0.209. The Morgan fingerprint density at radius 3 is 2.74 bits per heavy atom. The number of amides is 2. The van der Waals surface area contributed by atoms with Crippen molar-refractivity contribution in [2.75, 3.05) is 20.6 Å². The highest BCUT2D eigenvalue weighted by molar-refractivity contribution is 5.74. The fraction of sp³-hybridized carbons (Fsp3) is 0.500. The van der Waals surface area contributed by atoms with Crippen LogP contribution in [0.15, 0.2) is 29.0 Å². The predicted molar refractivity (Wildman–Crippen MR) is 88.0 cm³/mol. The molecule has 126 valence electrons. The van der Waals surface area contributed by atoms with Crippen LogP contribution in [0.4, 0.5) is 4.79 Å². The molecule has 0 aliphatic carbocycles. The number of nitrogens with one attached hydrogen (secondary N) is 2. The highest BCUT2D eigenvalue weighted by Gasteiger charge is 2.19. The number of furan rings is 1. The summed E-state index contributed by atoms with van der Waals surface area (Å²) in [5.74, 6) is 0.825. The third kappa shape index (κ3) is 4.13. The second-order valence-electron chi connectivity index (χ2n) is 5.88. The molecule has 23 heavy (non-hydrogen) atoms. The topological polar surface area (TPSA) is 75.3 Å². The van der Waals surface area contributed by atoms with E-state index in [1.165, 1.54) is 0 Å². The van der Waals surface area contributed by atoms with Crippen LogP contribution in [0, 0.1) is 6.92 Å². The lowest BCUT2D eigenvalue weighted by molar-refractivity contribution is 0.223. The van der Waals surface area contributed by atoms with Gasteiger partial charge in [0.1, 0.15) is 5.76 Å². The number of nitrogens with zero attached hydrogens (tertiary/aromatic N) is 3. The van der Waals surface area contributed by atoms with Crippen LogP contribution in [0.5, 0.6) is 0 Å². The van der Waals surface area contributed by atoms with E-state index in [1.54, 1.807) is 17.1 Å². The maximum Gasteiger partial charge on any atom is 0.315 e. The van der Waals surface area contributed by atoms with Gasteiger partial charge in [0.05, 0.1) is 24.5 Å². The Bertz CT molecular complexity index is 633. The van der Waals surface area contributed by atoms with Crippen LogP contribution in [0.3, 0.4) is 0 Å². The molecule has 2 rings (SSSR count). The molecule has 7 heteroatoms. The molecule has 0 saturated carbocycles. The molecule has 2 N–H and O–H groups in total. The Hall–Kier alpha value is -2.28. The van der Waals surface area contributed by atoms with Crippen molar-refractivity contribution < 1.29 is 9.21 Å². The number of hydrogen-bond donors (Lipinski definition) is 2. The SMILES string of the molecule is Cc1c([C@@H](C)NC(=O)NC[C@H](c2ccco2)N(C)C)cnn1C. The van der Waals surface area contributed by atoms with E-state index in [2.05, 4.69) is 15.7 Å². The molecule has 0 bridgehead atoms. The van der Waals surface area contributed by atoms with Gasteiger partial charge in [0.2, 0.25) is 0 Å². The standard InChI is InChI=1S/C16H25N5O2/c1-11(13-9-18-21(5)12(13)2)19-16(22)17-10-14(20(3)4)15-7-6-8-23-15/h6-9,11,14H,10H2,1-5H3,(H2,17,19,22)/t11-,14-/m1/s1. The summed E-state index contributed by atoms with van der Waals surface area (Å²) in [4.78, 5) is 14.2. The Morgan fingerprint density at radius 1 is 1.48 bits per heavy atom. The lowest BCUT2D eigenvalue weighted by Crippen LogP contribution is -2.41. The third-order valence-corrected chi connectivity index (χ3v) is 4.04. The molecule has 2 aromatic rings. The third-order valence-electron chi connectivity index (χ3n) is 4.04. The van der Waals surface area contributed by atoms with E-state index in [0.29, 0.717) is 6.54 Å². The molecule has 0 unspecified atom stereocenters. The number of carbonyl (C=O) groups is 1. The molecule has 0 aromatic carbocycles. The fourth-order valence-electron chi connectivity index (χ4n) is 2.47. The van der Waals surface area contributed by atoms with E-state index >= 15 is 0 Å². The summed E-state index contributed by atoms with van der Waals surface area (Å²) >= 11 is 0. The quantitative estimate of drug-likeness (QED) is 0.854. The molecule has 7 nitrogen and oxygen atoms in total. The Balaban J connectivity index is 1.90. The molecule has 0 aliphatic heterocycles. The van der Waals surface area contributed by atoms with Gasteiger partial charge in [-0.3, -0.25) is 9.58 Å². The molecule has 0 spiro atoms. The van der Waals surface area contributed by atoms with Gasteiger partial charge in [-0.25, -0.2) is 4.79 Å². The summed E-state index contributed by atoms with van der Waals surface area (Å²) < 4.78 is 7.23. The van der Waals surface area contributed by atoms with Gasteiger partial charge in [-0.1, -0.05) is 0 Å². The Kier molecular flexibility index (Phi) is 5.44. The van der Waals surface area contributed by atoms with Crippen LogP contribution in [0.25, 0.3) is 0 Å². The molecule has 2 heterocycles. The van der Waals surface area contributed by atoms with Crippen LogP contribution in [0.2, 0.25) is 0 Å². The summed E-state index contributed by atoms with van der Waals surface area (Å²) in [7, 11) is 5.79. The number of aromatic nitrogens is 2. The van der Waals surface area contributed by atoms with E-state index in [4.69, 9.17) is 4.42 Å². The highest BCUT2D eigenvalue weighted by Crippen LogP contribution is 2.18. The van der Waals surface area contributed by atoms with Crippen molar-refractivity contribution >= 4 is 6.03 Å². The van der Waals surface area contributed by atoms with Crippen molar-refractivity contribution in [3.8, 4) is 0 Å². The first-order chi connectivity index (χ1) is 10.9. The summed E-state index contributed by atoms with van der Waals surface area (Å²) in [5.41, 5.74) is 2.05. The van der Waals surface area contributed by atoms with E-state index in [0.717, 1.165) is 17.0 Å². The maximum absolute atomic E-state index is 12.1. The monoisotopic (exact) mass is 319 g/mol. The molecule has 2 atom stereocenters. The first-order valence-corrected chi connectivity index (χ1v) is 7.62. The zero-order chi connectivity index (χ0) is 17.0. The molecule has 0 aliphatic rings. The van der Waals surface area contributed by atoms with E-state index in [-0.39, 0.29) is 18.1 Å². The van der Waals surface area contributed by atoms with Crippen LogP contribution < -0.4 is 10.6 Å². The maximum atomic E-state index is 12.1. The minimum Gasteiger partial charge on any atom is -0.468 e. The Morgan fingerprint density at radius 2 is 2.22 bits per heavy atom. The van der Waals surface area contributed by atoms with Crippen molar-refractivity contribution in [1.29, 1.82) is 0 Å². The molecular formula is C16H25N5O2. The number of aryl methyl sites for hydroxylation is 1. The molecule has 0 saturated heterocycles. The summed E-state index contributed by atoms with van der Waals surface area (Å²) in [6.07, 6.45) is 3.42. The second kappa shape index (κ2) is 7.32. The predicted octanol–water partition coefficient (Wildman–Crippen LogP) is 1.98. The lowest BCUT2D eigenvalue weighted by Gasteiger charge is -2.23. The van der Waals surface area contributed by atoms with Crippen molar-refractivity contribution in [2.45, 2.75) is 25.9 Å². The second-order valence-corrected chi connectivity index (χ2v) is 5.88. The summed E-state index contributed by atoms with van der Waals surface area (Å²) in [5, 5.41) is 10.0. The van der Waals surface area contributed by atoms with E-state index in [9.17, 15) is 4.79 Å². The average Bonchev–Trinajstić information content (AvgIpc) is 3.10. The molecular weight excluding hydrogens is 294 g/mol. The van der Waals surface area contributed by atoms with Crippen LogP contribution >= 0.6 is 0 Å². The minimum absolute atomic E-state index is 0.00816. The van der Waals surface area contributed by atoms with Gasteiger partial charge < -0.3 is 15.1 Å². The van der Waals surface area contributed by atoms with Crippen molar-refractivity contribution in [3.05, 3.63) is 41.6 Å². The van der Waals surface area contributed by atoms with Gasteiger partial charge in [-0.2, -0.15) is 5.10 Å². The van der Waals surface area contributed by atoms with Gasteiger partial charge in [-0.05, 0) is 40.1 Å². The number of hydrogen-bond acceptors (Lipinski definition) is 4. The van der Waals surface area contributed by atoms with Gasteiger partial charge in [0.25, 0.3) is 0 Å². The first-order valence-electron chi connectivity index (χ1n) is 7.62. The van der Waals surface area contributed by atoms with Gasteiger partial charge >= 0.3 is 6.03 Å². The number of urea groups is 1. The number of likely N-dealkylation sites (N-methyl/N-ethyl adjacent to an activating group) is 1. The van der Waals surface area contributed by atoms with E-state index < -0.39 is 0 Å².